The standard InChI is InChI=1S/C16H15IO4/c1-2-20-14-5-3-4-13(16(18)19)15(14)21-10-11-6-8-12(17)9-7-11/h3-9H,2,10H2,1H3,(H,18,19). The normalized spacial score (nSPS) is 10.2. The van der Waals surface area contributed by atoms with E-state index in [0.717, 1.165) is 9.13 Å². The Labute approximate surface area is 136 Å². The molecule has 0 saturated carbocycles. The minimum Gasteiger partial charge on any atom is -0.490 e. The smallest absolute Gasteiger partial charge is 0.339 e. The first-order valence-corrected chi connectivity index (χ1v) is 7.56. The van der Waals surface area contributed by atoms with Crippen LogP contribution in [0.25, 0.3) is 0 Å². The van der Waals surface area contributed by atoms with Gasteiger partial charge in [0.2, 0.25) is 0 Å². The van der Waals surface area contributed by atoms with Gasteiger partial charge in [-0.05, 0) is 59.3 Å². The molecule has 0 aliphatic heterocycles. The van der Waals surface area contributed by atoms with E-state index in [2.05, 4.69) is 22.6 Å². The van der Waals surface area contributed by atoms with Gasteiger partial charge in [-0.1, -0.05) is 18.2 Å². The molecule has 0 fully saturated rings. The molecule has 0 atom stereocenters. The Hall–Kier alpha value is -1.76. The molecule has 21 heavy (non-hydrogen) atoms. The summed E-state index contributed by atoms with van der Waals surface area (Å²) in [5, 5.41) is 9.26. The van der Waals surface area contributed by atoms with Crippen LogP contribution in [0.5, 0.6) is 11.5 Å². The Kier molecular flexibility index (Phi) is 5.44. The van der Waals surface area contributed by atoms with Crippen LogP contribution in [0.4, 0.5) is 0 Å². The molecule has 0 aliphatic rings. The monoisotopic (exact) mass is 398 g/mol. The summed E-state index contributed by atoms with van der Waals surface area (Å²) in [6.45, 7) is 2.58. The van der Waals surface area contributed by atoms with Crippen LogP contribution in [-0.2, 0) is 6.61 Å². The minimum atomic E-state index is -1.03. The molecule has 2 aromatic carbocycles. The van der Waals surface area contributed by atoms with Crippen molar-refractivity contribution in [2.45, 2.75) is 13.5 Å². The molecular formula is C16H15IO4. The van der Waals surface area contributed by atoms with Gasteiger partial charge in [0.15, 0.2) is 11.5 Å². The maximum absolute atomic E-state index is 11.3. The lowest BCUT2D eigenvalue weighted by atomic mass is 10.2. The lowest BCUT2D eigenvalue weighted by Crippen LogP contribution is -2.06. The van der Waals surface area contributed by atoms with Crippen molar-refractivity contribution in [2.75, 3.05) is 6.61 Å². The molecular weight excluding hydrogens is 383 g/mol. The van der Waals surface area contributed by atoms with Gasteiger partial charge in [-0.2, -0.15) is 0 Å². The Morgan fingerprint density at radius 2 is 1.86 bits per heavy atom. The summed E-state index contributed by atoms with van der Waals surface area (Å²) in [6.07, 6.45) is 0. The van der Waals surface area contributed by atoms with Gasteiger partial charge >= 0.3 is 5.97 Å². The summed E-state index contributed by atoms with van der Waals surface area (Å²) < 4.78 is 12.3. The molecule has 110 valence electrons. The SMILES string of the molecule is CCOc1cccc(C(=O)O)c1OCc1ccc(I)cc1. The van der Waals surface area contributed by atoms with Gasteiger partial charge in [-0.3, -0.25) is 0 Å². The fourth-order valence-corrected chi connectivity index (χ4v) is 2.20. The number of aromatic carboxylic acids is 1. The largest absolute Gasteiger partial charge is 0.490 e. The summed E-state index contributed by atoms with van der Waals surface area (Å²) in [5.41, 5.74) is 1.07. The number of ether oxygens (including phenoxy) is 2. The molecule has 1 N–H and O–H groups in total. The third kappa shape index (κ3) is 4.10. The molecule has 2 rings (SSSR count). The molecule has 2 aromatic rings. The Bertz CT molecular complexity index is 623. The lowest BCUT2D eigenvalue weighted by molar-refractivity contribution is 0.0690. The van der Waals surface area contributed by atoms with E-state index in [0.29, 0.717) is 19.0 Å². The van der Waals surface area contributed by atoms with Crippen LogP contribution in [0.1, 0.15) is 22.8 Å². The number of carbonyl (C=O) groups is 1. The van der Waals surface area contributed by atoms with Crippen molar-refractivity contribution in [1.29, 1.82) is 0 Å². The molecule has 0 aromatic heterocycles. The zero-order chi connectivity index (χ0) is 15.2. The quantitative estimate of drug-likeness (QED) is 0.749. The first-order valence-electron chi connectivity index (χ1n) is 6.48. The van der Waals surface area contributed by atoms with E-state index in [4.69, 9.17) is 9.47 Å². The van der Waals surface area contributed by atoms with Gasteiger partial charge in [0.25, 0.3) is 0 Å². The van der Waals surface area contributed by atoms with Crippen LogP contribution < -0.4 is 9.47 Å². The molecule has 5 heteroatoms. The number of benzene rings is 2. The van der Waals surface area contributed by atoms with E-state index < -0.39 is 5.97 Å². The Balaban J connectivity index is 2.24. The number of para-hydroxylation sites is 1. The number of hydrogen-bond donors (Lipinski definition) is 1. The number of halogens is 1. The van der Waals surface area contributed by atoms with Crippen molar-refractivity contribution in [1.82, 2.24) is 0 Å². The van der Waals surface area contributed by atoms with E-state index in [9.17, 15) is 9.90 Å². The first kappa shape index (κ1) is 15.6. The number of hydrogen-bond acceptors (Lipinski definition) is 3. The average Bonchev–Trinajstić information content (AvgIpc) is 2.47. The molecule has 0 amide bonds. The van der Waals surface area contributed by atoms with Crippen LogP contribution in [0.2, 0.25) is 0 Å². The van der Waals surface area contributed by atoms with Crippen molar-refractivity contribution in [3.05, 3.63) is 57.2 Å². The predicted molar refractivity (Wildman–Crippen MR) is 88.1 cm³/mol. The van der Waals surface area contributed by atoms with Gasteiger partial charge < -0.3 is 14.6 Å². The fourth-order valence-electron chi connectivity index (χ4n) is 1.84. The maximum Gasteiger partial charge on any atom is 0.339 e. The zero-order valence-electron chi connectivity index (χ0n) is 11.5. The molecule has 0 aliphatic carbocycles. The third-order valence-corrected chi connectivity index (χ3v) is 3.52. The zero-order valence-corrected chi connectivity index (χ0v) is 13.7. The second-order valence-corrected chi connectivity index (χ2v) is 5.53. The summed E-state index contributed by atoms with van der Waals surface area (Å²) in [6, 6.07) is 12.7. The van der Waals surface area contributed by atoms with Crippen molar-refractivity contribution in [3.63, 3.8) is 0 Å². The van der Waals surface area contributed by atoms with Crippen molar-refractivity contribution < 1.29 is 19.4 Å². The minimum absolute atomic E-state index is 0.103. The van der Waals surface area contributed by atoms with Gasteiger partial charge in [0, 0.05) is 3.57 Å². The maximum atomic E-state index is 11.3. The van der Waals surface area contributed by atoms with E-state index in [-0.39, 0.29) is 11.3 Å². The molecule has 0 spiro atoms. The van der Waals surface area contributed by atoms with E-state index >= 15 is 0 Å². The van der Waals surface area contributed by atoms with Gasteiger partial charge in [0.05, 0.1) is 6.61 Å². The molecule has 0 radical (unpaired) electrons. The second-order valence-electron chi connectivity index (χ2n) is 4.29. The summed E-state index contributed by atoms with van der Waals surface area (Å²) in [5.74, 6) is -0.317. The van der Waals surface area contributed by atoms with Crippen molar-refractivity contribution in [2.24, 2.45) is 0 Å². The van der Waals surface area contributed by atoms with E-state index in [1.54, 1.807) is 12.1 Å². The highest BCUT2D eigenvalue weighted by atomic mass is 127. The molecule has 4 nitrogen and oxygen atoms in total. The third-order valence-electron chi connectivity index (χ3n) is 2.81. The summed E-state index contributed by atoms with van der Waals surface area (Å²) in [4.78, 5) is 11.3. The molecule has 0 heterocycles. The lowest BCUT2D eigenvalue weighted by Gasteiger charge is -2.14. The highest BCUT2D eigenvalue weighted by Crippen LogP contribution is 2.32. The van der Waals surface area contributed by atoms with Crippen molar-refractivity contribution in [3.8, 4) is 11.5 Å². The first-order chi connectivity index (χ1) is 10.1. The van der Waals surface area contributed by atoms with Crippen LogP contribution in [0.3, 0.4) is 0 Å². The van der Waals surface area contributed by atoms with Crippen LogP contribution in [0.15, 0.2) is 42.5 Å². The number of carboxylic acid groups (broad SMARTS) is 1. The van der Waals surface area contributed by atoms with Gasteiger partial charge in [-0.25, -0.2) is 4.79 Å². The second kappa shape index (κ2) is 7.31. The van der Waals surface area contributed by atoms with Gasteiger partial charge in [-0.15, -0.1) is 0 Å². The number of carboxylic acids is 1. The topological polar surface area (TPSA) is 55.8 Å². The van der Waals surface area contributed by atoms with Crippen LogP contribution in [-0.4, -0.2) is 17.7 Å². The average molecular weight is 398 g/mol. The highest BCUT2D eigenvalue weighted by Gasteiger charge is 2.16. The molecule has 0 bridgehead atoms. The van der Waals surface area contributed by atoms with Crippen molar-refractivity contribution >= 4 is 28.6 Å². The Morgan fingerprint density at radius 3 is 2.48 bits per heavy atom. The molecule has 0 unspecified atom stereocenters. The molecule has 0 saturated heterocycles. The van der Waals surface area contributed by atoms with Gasteiger partial charge in [0.1, 0.15) is 12.2 Å². The highest BCUT2D eigenvalue weighted by molar-refractivity contribution is 14.1. The fraction of sp³-hybridized carbons (Fsp3) is 0.188. The van der Waals surface area contributed by atoms with E-state index in [1.807, 2.05) is 31.2 Å². The summed E-state index contributed by atoms with van der Waals surface area (Å²) in [7, 11) is 0. The van der Waals surface area contributed by atoms with Crippen LogP contribution >= 0.6 is 22.6 Å². The van der Waals surface area contributed by atoms with E-state index in [1.165, 1.54) is 6.07 Å². The van der Waals surface area contributed by atoms with Crippen LogP contribution in [0, 0.1) is 3.57 Å². The Morgan fingerprint density at radius 1 is 1.14 bits per heavy atom. The number of rotatable bonds is 6. The summed E-state index contributed by atoms with van der Waals surface area (Å²) >= 11 is 2.23. The predicted octanol–water partition coefficient (Wildman–Crippen LogP) is 3.97.